The Balaban J connectivity index is 1.50. The molecular formula is C23H15FN4O. The van der Waals surface area contributed by atoms with Crippen molar-refractivity contribution in [2.45, 2.75) is 6.54 Å². The van der Waals surface area contributed by atoms with E-state index in [1.807, 2.05) is 36.4 Å². The molecule has 3 aromatic heterocycles. The fraction of sp³-hybridized carbons (Fsp3) is 0.0435. The van der Waals surface area contributed by atoms with Gasteiger partial charge in [-0.25, -0.2) is 9.37 Å². The molecule has 0 fully saturated rings. The van der Waals surface area contributed by atoms with Crippen molar-refractivity contribution in [2.24, 2.45) is 0 Å². The summed E-state index contributed by atoms with van der Waals surface area (Å²) in [6, 6.07) is 16.4. The van der Waals surface area contributed by atoms with Crippen molar-refractivity contribution in [1.29, 1.82) is 0 Å². The van der Waals surface area contributed by atoms with E-state index in [-0.39, 0.29) is 17.9 Å². The smallest absolute Gasteiger partial charge is 0.261 e. The van der Waals surface area contributed by atoms with Gasteiger partial charge >= 0.3 is 0 Å². The van der Waals surface area contributed by atoms with Crippen molar-refractivity contribution in [3.05, 3.63) is 101 Å². The molecular weight excluding hydrogens is 367 g/mol. The van der Waals surface area contributed by atoms with Gasteiger partial charge in [0.15, 0.2) is 0 Å². The van der Waals surface area contributed by atoms with Gasteiger partial charge in [0.25, 0.3) is 5.56 Å². The Morgan fingerprint density at radius 1 is 0.897 bits per heavy atom. The lowest BCUT2D eigenvalue weighted by Gasteiger charge is -2.10. The Morgan fingerprint density at radius 2 is 1.76 bits per heavy atom. The van der Waals surface area contributed by atoms with E-state index in [1.54, 1.807) is 24.5 Å². The minimum Gasteiger partial charge on any atom is -0.294 e. The van der Waals surface area contributed by atoms with E-state index in [4.69, 9.17) is 0 Å². The standard InChI is InChI=1S/C23H15FN4O/c24-20-11-16(15-5-6-21-17(10-15)2-1-8-26-21)3-4-18(20)13-28-14-27-22-12-25-9-7-19(22)23(28)29/h1-12,14H,13H2. The Bertz CT molecular complexity index is 1430. The monoisotopic (exact) mass is 382 g/mol. The van der Waals surface area contributed by atoms with Crippen LogP contribution >= 0.6 is 0 Å². The molecule has 0 aliphatic heterocycles. The number of pyridine rings is 2. The van der Waals surface area contributed by atoms with Crippen LogP contribution in [0.15, 0.2) is 84.3 Å². The van der Waals surface area contributed by atoms with E-state index in [0.29, 0.717) is 16.5 Å². The molecule has 0 bridgehead atoms. The normalized spacial score (nSPS) is 11.2. The van der Waals surface area contributed by atoms with Crippen LogP contribution < -0.4 is 5.56 Å². The highest BCUT2D eigenvalue weighted by Crippen LogP contribution is 2.25. The predicted molar refractivity (Wildman–Crippen MR) is 110 cm³/mol. The van der Waals surface area contributed by atoms with Crippen molar-refractivity contribution in [1.82, 2.24) is 19.5 Å². The number of benzene rings is 2. The number of hydrogen-bond acceptors (Lipinski definition) is 4. The van der Waals surface area contributed by atoms with E-state index in [9.17, 15) is 9.18 Å². The van der Waals surface area contributed by atoms with Gasteiger partial charge in [-0.3, -0.25) is 19.3 Å². The summed E-state index contributed by atoms with van der Waals surface area (Å²) >= 11 is 0. The SMILES string of the molecule is O=c1c2ccncc2ncn1Cc1ccc(-c2ccc3ncccc3c2)cc1F. The largest absolute Gasteiger partial charge is 0.294 e. The summed E-state index contributed by atoms with van der Waals surface area (Å²) in [6.07, 6.45) is 6.26. The highest BCUT2D eigenvalue weighted by Gasteiger charge is 2.10. The molecule has 140 valence electrons. The summed E-state index contributed by atoms with van der Waals surface area (Å²) in [5.74, 6) is -0.365. The summed E-state index contributed by atoms with van der Waals surface area (Å²) in [6.45, 7) is 0.109. The van der Waals surface area contributed by atoms with Gasteiger partial charge < -0.3 is 0 Å². The van der Waals surface area contributed by atoms with Gasteiger partial charge in [-0.2, -0.15) is 0 Å². The van der Waals surface area contributed by atoms with Crippen molar-refractivity contribution in [3.63, 3.8) is 0 Å². The number of nitrogens with zero attached hydrogens (tertiary/aromatic N) is 4. The molecule has 0 atom stereocenters. The number of hydrogen-bond donors (Lipinski definition) is 0. The van der Waals surface area contributed by atoms with Crippen molar-refractivity contribution < 1.29 is 4.39 Å². The second-order valence-corrected chi connectivity index (χ2v) is 6.79. The third-order valence-electron chi connectivity index (χ3n) is 4.96. The third kappa shape index (κ3) is 3.14. The van der Waals surface area contributed by atoms with E-state index >= 15 is 0 Å². The Labute approximate surface area is 165 Å². The Kier molecular flexibility index (Phi) is 4.09. The van der Waals surface area contributed by atoms with Gasteiger partial charge in [-0.15, -0.1) is 0 Å². The molecule has 0 aliphatic carbocycles. The van der Waals surface area contributed by atoms with Crippen LogP contribution in [0, 0.1) is 5.82 Å². The van der Waals surface area contributed by atoms with Crippen molar-refractivity contribution in [2.75, 3.05) is 0 Å². The fourth-order valence-electron chi connectivity index (χ4n) is 3.42. The molecule has 0 radical (unpaired) electrons. The molecule has 29 heavy (non-hydrogen) atoms. The molecule has 6 heteroatoms. The van der Waals surface area contributed by atoms with Crippen LogP contribution in [0.4, 0.5) is 4.39 Å². The minimum atomic E-state index is -0.365. The van der Waals surface area contributed by atoms with Crippen LogP contribution in [-0.2, 0) is 6.54 Å². The number of halogens is 1. The average Bonchev–Trinajstić information content (AvgIpc) is 2.76. The molecule has 0 amide bonds. The maximum Gasteiger partial charge on any atom is 0.261 e. The summed E-state index contributed by atoms with van der Waals surface area (Å²) < 4.78 is 16.2. The molecule has 0 aliphatic rings. The Hall–Kier alpha value is -3.93. The quantitative estimate of drug-likeness (QED) is 0.469. The maximum atomic E-state index is 14.8. The van der Waals surface area contributed by atoms with E-state index < -0.39 is 0 Å². The number of fused-ring (bicyclic) bond motifs is 2. The molecule has 0 N–H and O–H groups in total. The Morgan fingerprint density at radius 3 is 2.66 bits per heavy atom. The predicted octanol–water partition coefficient (Wildman–Crippen LogP) is 4.19. The van der Waals surface area contributed by atoms with Crippen LogP contribution in [0.25, 0.3) is 32.9 Å². The molecule has 5 nitrogen and oxygen atoms in total. The third-order valence-corrected chi connectivity index (χ3v) is 4.96. The van der Waals surface area contributed by atoms with Gasteiger partial charge in [0.1, 0.15) is 5.82 Å². The van der Waals surface area contributed by atoms with Gasteiger partial charge in [0.05, 0.1) is 35.5 Å². The molecule has 2 aromatic carbocycles. The molecule has 0 unspecified atom stereocenters. The zero-order valence-electron chi connectivity index (χ0n) is 15.3. The van der Waals surface area contributed by atoms with Crippen molar-refractivity contribution in [3.8, 4) is 11.1 Å². The van der Waals surface area contributed by atoms with Crippen LogP contribution in [-0.4, -0.2) is 19.5 Å². The molecule has 5 aromatic rings. The molecule has 0 spiro atoms. The highest BCUT2D eigenvalue weighted by molar-refractivity contribution is 5.84. The van der Waals surface area contributed by atoms with Gasteiger partial charge in [-0.05, 0) is 41.5 Å². The summed E-state index contributed by atoms with van der Waals surface area (Å²) in [5, 5.41) is 1.46. The second kappa shape index (κ2) is 6.91. The van der Waals surface area contributed by atoms with Gasteiger partial charge in [0, 0.05) is 23.3 Å². The zero-order valence-corrected chi connectivity index (χ0v) is 15.3. The topological polar surface area (TPSA) is 60.7 Å². The van der Waals surface area contributed by atoms with E-state index in [2.05, 4.69) is 15.0 Å². The lowest BCUT2D eigenvalue weighted by atomic mass is 10.0. The molecule has 3 heterocycles. The highest BCUT2D eigenvalue weighted by atomic mass is 19.1. The summed E-state index contributed by atoms with van der Waals surface area (Å²) in [4.78, 5) is 25.1. The maximum absolute atomic E-state index is 14.8. The van der Waals surface area contributed by atoms with Crippen LogP contribution in [0.5, 0.6) is 0 Å². The van der Waals surface area contributed by atoms with Crippen molar-refractivity contribution >= 4 is 21.8 Å². The van der Waals surface area contributed by atoms with Crippen LogP contribution in [0.2, 0.25) is 0 Å². The summed E-state index contributed by atoms with van der Waals surface area (Å²) in [7, 11) is 0. The summed E-state index contributed by atoms with van der Waals surface area (Å²) in [5.41, 5.74) is 3.30. The average molecular weight is 382 g/mol. The van der Waals surface area contributed by atoms with Crippen LogP contribution in [0.3, 0.4) is 0 Å². The first-order valence-corrected chi connectivity index (χ1v) is 9.12. The lowest BCUT2D eigenvalue weighted by Crippen LogP contribution is -2.21. The first-order chi connectivity index (χ1) is 14.2. The first-order valence-electron chi connectivity index (χ1n) is 9.12. The molecule has 5 rings (SSSR count). The lowest BCUT2D eigenvalue weighted by molar-refractivity contribution is 0.596. The van der Waals surface area contributed by atoms with Crippen LogP contribution in [0.1, 0.15) is 5.56 Å². The number of rotatable bonds is 3. The van der Waals surface area contributed by atoms with E-state index in [1.165, 1.54) is 23.2 Å². The molecule has 0 saturated carbocycles. The second-order valence-electron chi connectivity index (χ2n) is 6.79. The fourth-order valence-corrected chi connectivity index (χ4v) is 3.42. The van der Waals surface area contributed by atoms with Gasteiger partial charge in [0.2, 0.25) is 0 Å². The first kappa shape index (κ1) is 17.2. The minimum absolute atomic E-state index is 0.109. The number of aromatic nitrogens is 4. The van der Waals surface area contributed by atoms with E-state index in [0.717, 1.165) is 22.0 Å². The zero-order chi connectivity index (χ0) is 19.8. The molecule has 0 saturated heterocycles. The van der Waals surface area contributed by atoms with Gasteiger partial charge in [-0.1, -0.05) is 24.3 Å².